The maximum absolute atomic E-state index is 11.8. The lowest BCUT2D eigenvalue weighted by molar-refractivity contribution is 0.156. The Kier molecular flexibility index (Phi) is 6.34. The Labute approximate surface area is 167 Å². The molecule has 1 aliphatic rings. The largest absolute Gasteiger partial charge is 0.329 e. The van der Waals surface area contributed by atoms with Gasteiger partial charge >= 0.3 is 0 Å². The van der Waals surface area contributed by atoms with E-state index in [-0.39, 0.29) is 17.5 Å². The second-order valence-corrected chi connectivity index (χ2v) is 10.5. The normalized spacial score (nSPS) is 19.1. The fourth-order valence-electron chi connectivity index (χ4n) is 3.02. The summed E-state index contributed by atoms with van der Waals surface area (Å²) in [6, 6.07) is 7.48. The number of halogens is 1. The van der Waals surface area contributed by atoms with Gasteiger partial charge in [-0.15, -0.1) is 5.10 Å². The molecular weight excluding hydrogens is 412 g/mol. The molecule has 26 heavy (non-hydrogen) atoms. The summed E-state index contributed by atoms with van der Waals surface area (Å²) in [7, 11) is -2.92. The van der Waals surface area contributed by atoms with Crippen LogP contribution in [-0.4, -0.2) is 47.2 Å². The van der Waals surface area contributed by atoms with Gasteiger partial charge in [-0.3, -0.25) is 4.90 Å². The van der Waals surface area contributed by atoms with Gasteiger partial charge in [0.2, 0.25) is 5.13 Å². The van der Waals surface area contributed by atoms with Crippen LogP contribution in [0.25, 0.3) is 0 Å². The van der Waals surface area contributed by atoms with Crippen LogP contribution in [-0.2, 0) is 16.5 Å². The molecule has 0 aliphatic carbocycles. The van der Waals surface area contributed by atoms with Gasteiger partial charge in [0.1, 0.15) is 0 Å². The van der Waals surface area contributed by atoms with E-state index >= 15 is 0 Å². The molecule has 142 valence electrons. The Balaban J connectivity index is 1.75. The van der Waals surface area contributed by atoms with Crippen molar-refractivity contribution in [2.75, 3.05) is 23.4 Å². The number of nitrogens with zero attached hydrogens (tertiary/aromatic N) is 3. The summed E-state index contributed by atoms with van der Waals surface area (Å²) in [6.45, 7) is 3.39. The van der Waals surface area contributed by atoms with Gasteiger partial charge in [0.15, 0.2) is 13.8 Å². The second kappa shape index (κ2) is 8.35. The van der Waals surface area contributed by atoms with E-state index in [0.717, 1.165) is 18.7 Å². The summed E-state index contributed by atoms with van der Waals surface area (Å²) in [5, 5.41) is 9.02. The fourth-order valence-corrected chi connectivity index (χ4v) is 5.96. The highest BCUT2D eigenvalue weighted by Gasteiger charge is 2.32. The molecule has 1 N–H and O–H groups in total. The minimum atomic E-state index is -2.92. The summed E-state index contributed by atoms with van der Waals surface area (Å²) >= 11 is 13.0. The van der Waals surface area contributed by atoms with E-state index in [1.54, 1.807) is 4.68 Å². The average molecular weight is 433 g/mol. The predicted octanol–water partition coefficient (Wildman–Crippen LogP) is 3.93. The molecule has 2 aromatic rings. The number of aromatic nitrogens is 2. The van der Waals surface area contributed by atoms with Gasteiger partial charge in [0, 0.05) is 6.04 Å². The quantitative estimate of drug-likeness (QED) is 0.668. The third kappa shape index (κ3) is 4.83. The molecule has 0 unspecified atom stereocenters. The molecule has 0 spiro atoms. The lowest BCUT2D eigenvalue weighted by Gasteiger charge is -2.27. The average Bonchev–Trinajstić information content (AvgIpc) is 3.11. The molecule has 1 aliphatic heterocycles. The van der Waals surface area contributed by atoms with Crippen molar-refractivity contribution in [3.63, 3.8) is 0 Å². The molecule has 6 nitrogen and oxygen atoms in total. The van der Waals surface area contributed by atoms with E-state index in [0.29, 0.717) is 27.2 Å². The number of sulfone groups is 1. The summed E-state index contributed by atoms with van der Waals surface area (Å²) in [5.41, 5.74) is 0.775. The van der Waals surface area contributed by atoms with Crippen LogP contribution in [0.1, 0.15) is 19.8 Å². The number of benzene rings is 1. The van der Waals surface area contributed by atoms with Crippen LogP contribution in [0.5, 0.6) is 0 Å². The number of nitrogens with one attached hydrogen (secondary N) is 1. The zero-order valence-electron chi connectivity index (χ0n) is 14.4. The number of rotatable bonds is 7. The molecule has 1 saturated heterocycles. The number of anilines is 2. The van der Waals surface area contributed by atoms with Crippen molar-refractivity contribution < 1.29 is 8.42 Å². The Bertz CT molecular complexity index is 926. The van der Waals surface area contributed by atoms with Crippen LogP contribution in [0.4, 0.5) is 10.8 Å². The first kappa shape index (κ1) is 19.8. The molecule has 1 atom stereocenters. The van der Waals surface area contributed by atoms with Gasteiger partial charge in [-0.1, -0.05) is 42.0 Å². The minimum absolute atomic E-state index is 0.0310. The SMILES string of the molecule is CCCN(Cn1nc(Nc2ccccc2Cl)sc1=S)[C@@H]1CCS(=O)(=O)C1. The van der Waals surface area contributed by atoms with Crippen LogP contribution < -0.4 is 5.32 Å². The van der Waals surface area contributed by atoms with Gasteiger partial charge in [-0.05, 0) is 43.7 Å². The zero-order valence-corrected chi connectivity index (χ0v) is 17.6. The highest BCUT2D eigenvalue weighted by atomic mass is 35.5. The Morgan fingerprint density at radius 3 is 2.88 bits per heavy atom. The highest BCUT2D eigenvalue weighted by Crippen LogP contribution is 2.27. The summed E-state index contributed by atoms with van der Waals surface area (Å²) < 4.78 is 26.0. The molecule has 3 rings (SSSR count). The lowest BCUT2D eigenvalue weighted by Crippen LogP contribution is -2.38. The smallest absolute Gasteiger partial charge is 0.209 e. The van der Waals surface area contributed by atoms with Crippen molar-refractivity contribution in [2.24, 2.45) is 0 Å². The Morgan fingerprint density at radius 1 is 1.46 bits per heavy atom. The molecule has 1 aromatic heterocycles. The molecule has 10 heteroatoms. The Hall–Kier alpha value is -1.00. The molecule has 0 radical (unpaired) electrons. The van der Waals surface area contributed by atoms with Gasteiger partial charge < -0.3 is 5.32 Å². The van der Waals surface area contributed by atoms with Crippen molar-refractivity contribution in [3.8, 4) is 0 Å². The standard InChI is InChI=1S/C16H21ClN4O2S3/c1-2-8-20(12-7-9-26(22,23)10-12)11-21-16(24)25-15(19-21)18-14-6-4-3-5-13(14)17/h3-6,12H,2,7-11H2,1H3,(H,18,19)/t12-/m1/s1. The van der Waals surface area contributed by atoms with Crippen LogP contribution in [0, 0.1) is 3.95 Å². The maximum atomic E-state index is 11.8. The van der Waals surface area contributed by atoms with Crippen LogP contribution in [0.2, 0.25) is 5.02 Å². The zero-order chi connectivity index (χ0) is 18.7. The lowest BCUT2D eigenvalue weighted by atomic mass is 10.2. The van der Waals surface area contributed by atoms with Crippen LogP contribution in [0.3, 0.4) is 0 Å². The monoisotopic (exact) mass is 432 g/mol. The predicted molar refractivity (Wildman–Crippen MR) is 110 cm³/mol. The third-order valence-electron chi connectivity index (χ3n) is 4.27. The first-order chi connectivity index (χ1) is 12.4. The van der Waals surface area contributed by atoms with E-state index in [1.165, 1.54) is 11.3 Å². The number of hydrogen-bond donors (Lipinski definition) is 1. The molecule has 0 amide bonds. The molecule has 0 saturated carbocycles. The summed E-state index contributed by atoms with van der Waals surface area (Å²) in [5.74, 6) is 0.481. The van der Waals surface area contributed by atoms with Crippen molar-refractivity contribution in [2.45, 2.75) is 32.5 Å². The van der Waals surface area contributed by atoms with Crippen molar-refractivity contribution >= 4 is 55.8 Å². The number of para-hydroxylation sites is 1. The molecule has 1 fully saturated rings. The van der Waals surface area contributed by atoms with E-state index < -0.39 is 9.84 Å². The summed E-state index contributed by atoms with van der Waals surface area (Å²) in [6.07, 6.45) is 1.61. The molecule has 0 bridgehead atoms. The van der Waals surface area contributed by atoms with E-state index in [4.69, 9.17) is 23.8 Å². The van der Waals surface area contributed by atoms with Crippen molar-refractivity contribution in [3.05, 3.63) is 33.2 Å². The molecular formula is C16H21ClN4O2S3. The third-order valence-corrected chi connectivity index (χ3v) is 7.58. The fraction of sp³-hybridized carbons (Fsp3) is 0.500. The first-order valence-corrected chi connectivity index (χ1v) is 11.8. The van der Waals surface area contributed by atoms with E-state index in [1.807, 2.05) is 24.3 Å². The van der Waals surface area contributed by atoms with Crippen molar-refractivity contribution in [1.29, 1.82) is 0 Å². The van der Waals surface area contributed by atoms with Gasteiger partial charge in [-0.25, -0.2) is 13.1 Å². The minimum Gasteiger partial charge on any atom is -0.329 e. The van der Waals surface area contributed by atoms with Gasteiger partial charge in [-0.2, -0.15) is 0 Å². The van der Waals surface area contributed by atoms with Gasteiger partial charge in [0.05, 0.1) is 28.9 Å². The van der Waals surface area contributed by atoms with E-state index in [2.05, 4.69) is 22.2 Å². The molecule has 1 aromatic carbocycles. The first-order valence-electron chi connectivity index (χ1n) is 8.42. The summed E-state index contributed by atoms with van der Waals surface area (Å²) in [4.78, 5) is 2.17. The second-order valence-electron chi connectivity index (χ2n) is 6.29. The highest BCUT2D eigenvalue weighted by molar-refractivity contribution is 7.91. The Morgan fingerprint density at radius 2 is 2.23 bits per heavy atom. The number of hydrogen-bond acceptors (Lipinski definition) is 7. The van der Waals surface area contributed by atoms with Crippen molar-refractivity contribution in [1.82, 2.24) is 14.7 Å². The molecule has 2 heterocycles. The van der Waals surface area contributed by atoms with E-state index in [9.17, 15) is 8.42 Å². The van der Waals surface area contributed by atoms with Crippen LogP contribution in [0.15, 0.2) is 24.3 Å². The van der Waals surface area contributed by atoms with Gasteiger partial charge in [0.25, 0.3) is 0 Å². The topological polar surface area (TPSA) is 67.2 Å². The van der Waals surface area contributed by atoms with Crippen LogP contribution >= 0.6 is 35.2 Å². The maximum Gasteiger partial charge on any atom is 0.209 e.